The highest BCUT2D eigenvalue weighted by molar-refractivity contribution is 6.33. The quantitative estimate of drug-likeness (QED) is 0.466. The van der Waals surface area contributed by atoms with Crippen LogP contribution in [0.1, 0.15) is 25.0 Å². The van der Waals surface area contributed by atoms with Crippen LogP contribution in [0.2, 0.25) is 0 Å². The number of allylic oxidation sites excluding steroid dienone is 3. The van der Waals surface area contributed by atoms with E-state index in [-0.39, 0.29) is 22.0 Å². The molecule has 0 radical (unpaired) electrons. The van der Waals surface area contributed by atoms with E-state index >= 15 is 0 Å². The number of halogens is 6. The summed E-state index contributed by atoms with van der Waals surface area (Å²) in [7, 11) is 0. The number of hydrogen-bond acceptors (Lipinski definition) is 1. The molecule has 154 valence electrons. The van der Waals surface area contributed by atoms with Gasteiger partial charge in [0, 0.05) is 17.7 Å². The smallest absolute Gasteiger partial charge is 0.256 e. The van der Waals surface area contributed by atoms with Gasteiger partial charge in [-0.3, -0.25) is 0 Å². The first-order valence-electron chi connectivity index (χ1n) is 8.86. The number of hydrogen-bond donors (Lipinski definition) is 0. The summed E-state index contributed by atoms with van der Waals surface area (Å²) in [6.45, 7) is 6.77. The summed E-state index contributed by atoms with van der Waals surface area (Å²) in [4.78, 5) is 0.953. The molecule has 0 saturated heterocycles. The van der Waals surface area contributed by atoms with Crippen molar-refractivity contribution >= 4 is 22.9 Å². The molecule has 0 saturated carbocycles. The highest BCUT2D eigenvalue weighted by atomic mass is 35.5. The molecule has 3 rings (SSSR count). The van der Waals surface area contributed by atoms with E-state index in [1.54, 1.807) is 30.3 Å². The zero-order valence-electron chi connectivity index (χ0n) is 15.8. The Morgan fingerprint density at radius 1 is 1.00 bits per heavy atom. The van der Waals surface area contributed by atoms with Gasteiger partial charge < -0.3 is 4.90 Å². The second kappa shape index (κ2) is 9.74. The molecule has 0 amide bonds. The minimum atomic E-state index is -2.83. The summed E-state index contributed by atoms with van der Waals surface area (Å²) in [5.74, 6) is -3.54. The molecule has 1 heterocycles. The highest BCUT2D eigenvalue weighted by Gasteiger charge is 2.31. The summed E-state index contributed by atoms with van der Waals surface area (Å²) in [6, 6.07) is 9.37. The van der Waals surface area contributed by atoms with E-state index in [1.807, 2.05) is 13.8 Å². The van der Waals surface area contributed by atoms with Gasteiger partial charge in [0.05, 0.1) is 28.5 Å². The van der Waals surface area contributed by atoms with Gasteiger partial charge in [-0.25, -0.2) is 22.0 Å². The SMILES string of the molecule is C=C1C(Cl)=CC(c2ccccc2)=C(c2c(F)cc(F)cc2F)N1CC(F)F.CC. The van der Waals surface area contributed by atoms with Crippen molar-refractivity contribution < 1.29 is 22.0 Å². The molecule has 0 unspecified atom stereocenters. The molecule has 7 heteroatoms. The predicted octanol–water partition coefficient (Wildman–Crippen LogP) is 7.22. The number of alkyl halides is 2. The molecule has 1 aliphatic rings. The number of benzene rings is 2. The van der Waals surface area contributed by atoms with Gasteiger partial charge in [0.1, 0.15) is 17.5 Å². The van der Waals surface area contributed by atoms with Crippen molar-refractivity contribution in [1.82, 2.24) is 4.90 Å². The maximum atomic E-state index is 14.5. The number of rotatable bonds is 4. The van der Waals surface area contributed by atoms with Crippen LogP contribution in [0.3, 0.4) is 0 Å². The molecule has 2 aromatic carbocycles. The van der Waals surface area contributed by atoms with Crippen LogP contribution in [0, 0.1) is 17.5 Å². The summed E-state index contributed by atoms with van der Waals surface area (Å²) >= 11 is 6.14. The van der Waals surface area contributed by atoms with Crippen LogP contribution in [0.5, 0.6) is 0 Å². The Labute approximate surface area is 171 Å². The standard InChI is InChI=1S/C20H13ClF5N.C2H6/c1-11-15(21)9-14(12-5-3-2-4-6-12)20(27(11)10-18(25)26)19-16(23)7-13(22)8-17(19)24;1-2/h2-9,18H,1,10H2;1-2H3. The van der Waals surface area contributed by atoms with E-state index in [0.29, 0.717) is 17.7 Å². The predicted molar refractivity (Wildman–Crippen MR) is 107 cm³/mol. The molecular weight excluding hydrogens is 409 g/mol. The van der Waals surface area contributed by atoms with E-state index in [2.05, 4.69) is 6.58 Å². The third-order valence-electron chi connectivity index (χ3n) is 4.05. The average molecular weight is 428 g/mol. The molecule has 2 aromatic rings. The molecule has 1 nitrogen and oxygen atoms in total. The molecule has 0 aliphatic carbocycles. The Hall–Kier alpha value is -2.60. The van der Waals surface area contributed by atoms with Gasteiger partial charge in [0.2, 0.25) is 0 Å². The Bertz CT molecular complexity index is 928. The van der Waals surface area contributed by atoms with Gasteiger partial charge in [0.25, 0.3) is 6.43 Å². The molecule has 0 aromatic heterocycles. The van der Waals surface area contributed by atoms with Crippen molar-refractivity contribution in [3.05, 3.63) is 94.4 Å². The monoisotopic (exact) mass is 427 g/mol. The zero-order chi connectivity index (χ0) is 21.7. The molecule has 1 aliphatic heterocycles. The molecular formula is C22H19ClF5N. The first kappa shape index (κ1) is 22.7. The largest absolute Gasteiger partial charge is 0.334 e. The Kier molecular flexibility index (Phi) is 7.62. The third kappa shape index (κ3) is 4.88. The fourth-order valence-electron chi connectivity index (χ4n) is 2.90. The van der Waals surface area contributed by atoms with Crippen LogP contribution in [0.25, 0.3) is 11.3 Å². The van der Waals surface area contributed by atoms with Gasteiger partial charge in [-0.05, 0) is 11.6 Å². The van der Waals surface area contributed by atoms with E-state index in [1.165, 1.54) is 6.08 Å². The fourth-order valence-corrected chi connectivity index (χ4v) is 3.11. The maximum Gasteiger partial charge on any atom is 0.256 e. The van der Waals surface area contributed by atoms with E-state index in [4.69, 9.17) is 11.6 Å². The van der Waals surface area contributed by atoms with Crippen LogP contribution in [0.15, 0.2) is 65.8 Å². The van der Waals surface area contributed by atoms with Crippen molar-refractivity contribution in [2.75, 3.05) is 6.54 Å². The van der Waals surface area contributed by atoms with Gasteiger partial charge in [-0.1, -0.05) is 62.4 Å². The van der Waals surface area contributed by atoms with Crippen LogP contribution in [0.4, 0.5) is 22.0 Å². The third-order valence-corrected chi connectivity index (χ3v) is 4.37. The Morgan fingerprint density at radius 2 is 1.55 bits per heavy atom. The Morgan fingerprint density at radius 3 is 2.07 bits per heavy atom. The molecule has 0 fully saturated rings. The molecule has 0 N–H and O–H groups in total. The second-order valence-corrected chi connectivity index (χ2v) is 6.22. The van der Waals surface area contributed by atoms with E-state index < -0.39 is 36.0 Å². The number of nitrogens with zero attached hydrogens (tertiary/aromatic N) is 1. The lowest BCUT2D eigenvalue weighted by molar-refractivity contribution is 0.123. The topological polar surface area (TPSA) is 3.24 Å². The van der Waals surface area contributed by atoms with Gasteiger partial charge >= 0.3 is 0 Å². The summed E-state index contributed by atoms with van der Waals surface area (Å²) < 4.78 is 68.8. The van der Waals surface area contributed by atoms with Crippen LogP contribution < -0.4 is 0 Å². The first-order valence-corrected chi connectivity index (χ1v) is 9.24. The van der Waals surface area contributed by atoms with Crippen molar-refractivity contribution in [2.24, 2.45) is 0 Å². The van der Waals surface area contributed by atoms with Crippen molar-refractivity contribution in [2.45, 2.75) is 20.3 Å². The summed E-state index contributed by atoms with van der Waals surface area (Å²) in [6.07, 6.45) is -1.43. The molecule has 29 heavy (non-hydrogen) atoms. The lowest BCUT2D eigenvalue weighted by atomic mass is 9.94. The second-order valence-electron chi connectivity index (χ2n) is 5.81. The van der Waals surface area contributed by atoms with Gasteiger partial charge in [0.15, 0.2) is 0 Å². The van der Waals surface area contributed by atoms with Gasteiger partial charge in [-0.2, -0.15) is 0 Å². The van der Waals surface area contributed by atoms with E-state index in [9.17, 15) is 22.0 Å². The fraction of sp³-hybridized carbons (Fsp3) is 0.182. The summed E-state index contributed by atoms with van der Waals surface area (Å²) in [5.41, 5.74) is -0.128. The van der Waals surface area contributed by atoms with Crippen molar-refractivity contribution in [1.29, 1.82) is 0 Å². The average Bonchev–Trinajstić information content (AvgIpc) is 2.68. The molecule has 0 bridgehead atoms. The Balaban J connectivity index is 0.00000145. The van der Waals surface area contributed by atoms with Crippen molar-refractivity contribution in [3.8, 4) is 0 Å². The van der Waals surface area contributed by atoms with E-state index in [0.717, 1.165) is 4.90 Å². The van der Waals surface area contributed by atoms with Gasteiger partial charge in [-0.15, -0.1) is 0 Å². The zero-order valence-corrected chi connectivity index (χ0v) is 16.6. The lowest BCUT2D eigenvalue weighted by Crippen LogP contribution is -2.30. The lowest BCUT2D eigenvalue weighted by Gasteiger charge is -2.34. The first-order chi connectivity index (χ1) is 13.8. The molecule has 0 atom stereocenters. The normalized spacial score (nSPS) is 14.0. The molecule has 0 spiro atoms. The highest BCUT2D eigenvalue weighted by Crippen LogP contribution is 2.42. The van der Waals surface area contributed by atoms with Crippen LogP contribution in [-0.2, 0) is 0 Å². The summed E-state index contributed by atoms with van der Waals surface area (Å²) in [5, 5.41) is 0.0566. The minimum absolute atomic E-state index is 0.0326. The van der Waals surface area contributed by atoms with Crippen LogP contribution >= 0.6 is 11.6 Å². The van der Waals surface area contributed by atoms with Crippen LogP contribution in [-0.4, -0.2) is 17.9 Å². The minimum Gasteiger partial charge on any atom is -0.334 e. The maximum absolute atomic E-state index is 14.5. The van der Waals surface area contributed by atoms with Crippen molar-refractivity contribution in [3.63, 3.8) is 0 Å².